The third kappa shape index (κ3) is 4.15. The van der Waals surface area contributed by atoms with Crippen LogP contribution in [-0.2, 0) is 4.74 Å². The van der Waals surface area contributed by atoms with Gasteiger partial charge in [0.25, 0.3) is 5.91 Å². The molecule has 1 amide bonds. The van der Waals surface area contributed by atoms with Crippen LogP contribution in [0.5, 0.6) is 0 Å². The fraction of sp³-hybridized carbons (Fsp3) is 0.235. The van der Waals surface area contributed by atoms with Crippen LogP contribution in [0.25, 0.3) is 0 Å². The zero-order valence-corrected chi connectivity index (χ0v) is 12.6. The molecule has 0 saturated heterocycles. The van der Waals surface area contributed by atoms with Crippen LogP contribution in [-0.4, -0.2) is 23.5 Å². The molecule has 5 heteroatoms. The summed E-state index contributed by atoms with van der Waals surface area (Å²) < 4.78 is 5.04. The Kier molecular flexibility index (Phi) is 5.25. The number of ether oxygens (including phenoxy) is 1. The molecule has 0 atom stereocenters. The highest BCUT2D eigenvalue weighted by Crippen LogP contribution is 2.12. The summed E-state index contributed by atoms with van der Waals surface area (Å²) in [5.41, 5.74) is 2.41. The number of rotatable bonds is 5. The first-order chi connectivity index (χ1) is 10.6. The molecule has 0 unspecified atom stereocenters. The van der Waals surface area contributed by atoms with Crippen LogP contribution in [0, 0.1) is 6.92 Å². The van der Waals surface area contributed by atoms with E-state index >= 15 is 0 Å². The molecule has 0 aliphatic heterocycles. The van der Waals surface area contributed by atoms with Gasteiger partial charge in [-0.3, -0.25) is 9.78 Å². The minimum atomic E-state index is -0.359. The number of aryl methyl sites for hydroxylation is 1. The van der Waals surface area contributed by atoms with Crippen LogP contribution in [0.15, 0.2) is 42.6 Å². The zero-order chi connectivity index (χ0) is 15.9. The molecule has 2 rings (SSSR count). The molecule has 2 aromatic rings. The fourth-order valence-corrected chi connectivity index (χ4v) is 1.77. The molecule has 114 valence electrons. The maximum absolute atomic E-state index is 12.0. The molecule has 1 aromatic heterocycles. The van der Waals surface area contributed by atoms with E-state index in [4.69, 9.17) is 4.74 Å². The molecule has 0 bridgehead atoms. The Morgan fingerprint density at radius 1 is 1.09 bits per heavy atom. The number of anilines is 1. The van der Waals surface area contributed by atoms with Gasteiger partial charge in [-0.1, -0.05) is 6.92 Å². The molecule has 0 aliphatic carbocycles. The van der Waals surface area contributed by atoms with Gasteiger partial charge in [-0.05, 0) is 49.7 Å². The van der Waals surface area contributed by atoms with Crippen LogP contribution < -0.4 is 5.32 Å². The second kappa shape index (κ2) is 7.36. The van der Waals surface area contributed by atoms with Crippen molar-refractivity contribution >= 4 is 17.6 Å². The van der Waals surface area contributed by atoms with E-state index in [-0.39, 0.29) is 11.9 Å². The smallest absolute Gasteiger partial charge is 0.338 e. The molecule has 1 heterocycles. The number of pyridine rings is 1. The highest BCUT2D eigenvalue weighted by molar-refractivity contribution is 6.04. The number of carbonyl (C=O) groups is 2. The Morgan fingerprint density at radius 3 is 2.36 bits per heavy atom. The number of hydrogen-bond acceptors (Lipinski definition) is 4. The first-order valence-electron chi connectivity index (χ1n) is 7.11. The minimum Gasteiger partial charge on any atom is -0.462 e. The Balaban J connectivity index is 2.00. The quantitative estimate of drug-likeness (QED) is 0.861. The van der Waals surface area contributed by atoms with Crippen molar-refractivity contribution in [3.63, 3.8) is 0 Å². The van der Waals surface area contributed by atoms with E-state index in [2.05, 4.69) is 10.3 Å². The minimum absolute atomic E-state index is 0.242. The van der Waals surface area contributed by atoms with E-state index in [9.17, 15) is 9.59 Å². The van der Waals surface area contributed by atoms with Gasteiger partial charge >= 0.3 is 5.97 Å². The summed E-state index contributed by atoms with van der Waals surface area (Å²) in [7, 11) is 0. The van der Waals surface area contributed by atoms with E-state index in [1.54, 1.807) is 36.4 Å². The van der Waals surface area contributed by atoms with Gasteiger partial charge in [-0.2, -0.15) is 0 Å². The van der Waals surface area contributed by atoms with Gasteiger partial charge in [-0.25, -0.2) is 4.79 Å². The summed E-state index contributed by atoms with van der Waals surface area (Å²) in [6, 6.07) is 10.1. The molecule has 0 fully saturated rings. The van der Waals surface area contributed by atoms with Gasteiger partial charge in [0, 0.05) is 17.6 Å². The zero-order valence-electron chi connectivity index (χ0n) is 12.6. The maximum Gasteiger partial charge on any atom is 0.338 e. The number of hydrogen-bond donors (Lipinski definition) is 1. The third-order valence-corrected chi connectivity index (χ3v) is 2.99. The van der Waals surface area contributed by atoms with Crippen molar-refractivity contribution in [3.8, 4) is 0 Å². The number of amides is 1. The third-order valence-electron chi connectivity index (χ3n) is 2.99. The van der Waals surface area contributed by atoms with E-state index in [0.717, 1.165) is 12.1 Å². The van der Waals surface area contributed by atoms with Crippen molar-refractivity contribution in [1.29, 1.82) is 0 Å². The predicted octanol–water partition coefficient (Wildman–Crippen LogP) is 3.21. The molecular weight excluding hydrogens is 280 g/mol. The molecule has 1 aromatic carbocycles. The van der Waals surface area contributed by atoms with Gasteiger partial charge in [0.15, 0.2) is 0 Å². The lowest BCUT2D eigenvalue weighted by Crippen LogP contribution is -2.12. The molecule has 1 N–H and O–H groups in total. The van der Waals surface area contributed by atoms with E-state index < -0.39 is 0 Å². The summed E-state index contributed by atoms with van der Waals surface area (Å²) in [6.07, 6.45) is 2.31. The number of aromatic nitrogens is 1. The van der Waals surface area contributed by atoms with Crippen molar-refractivity contribution in [1.82, 2.24) is 4.98 Å². The summed E-state index contributed by atoms with van der Waals surface area (Å²) in [6.45, 7) is 4.20. The Bertz CT molecular complexity index is 649. The van der Waals surface area contributed by atoms with Gasteiger partial charge < -0.3 is 10.1 Å². The topological polar surface area (TPSA) is 68.3 Å². The lowest BCUT2D eigenvalue weighted by Gasteiger charge is -2.07. The average Bonchev–Trinajstić information content (AvgIpc) is 2.54. The molecule has 0 saturated carbocycles. The molecule has 5 nitrogen and oxygen atoms in total. The Hall–Kier alpha value is -2.69. The average molecular weight is 298 g/mol. The second-order valence-corrected chi connectivity index (χ2v) is 4.86. The number of nitrogens with zero attached hydrogens (tertiary/aromatic N) is 1. The Labute approximate surface area is 129 Å². The van der Waals surface area contributed by atoms with Gasteiger partial charge in [0.1, 0.15) is 0 Å². The van der Waals surface area contributed by atoms with Crippen molar-refractivity contribution in [2.75, 3.05) is 11.9 Å². The lowest BCUT2D eigenvalue weighted by molar-refractivity contribution is 0.0505. The summed E-state index contributed by atoms with van der Waals surface area (Å²) in [4.78, 5) is 27.8. The Morgan fingerprint density at radius 2 is 1.77 bits per heavy atom. The lowest BCUT2D eigenvalue weighted by atomic mass is 10.2. The molecule has 0 radical (unpaired) electrons. The highest BCUT2D eigenvalue weighted by Gasteiger charge is 2.09. The monoisotopic (exact) mass is 298 g/mol. The van der Waals surface area contributed by atoms with Crippen LogP contribution >= 0.6 is 0 Å². The fourth-order valence-electron chi connectivity index (χ4n) is 1.77. The summed E-state index contributed by atoms with van der Waals surface area (Å²) in [5.74, 6) is -0.601. The normalized spacial score (nSPS) is 10.1. The number of esters is 1. The summed E-state index contributed by atoms with van der Waals surface area (Å²) in [5, 5.41) is 2.76. The summed E-state index contributed by atoms with van der Waals surface area (Å²) >= 11 is 0. The molecular formula is C17H18N2O3. The van der Waals surface area contributed by atoms with Crippen molar-refractivity contribution < 1.29 is 14.3 Å². The first-order valence-corrected chi connectivity index (χ1v) is 7.11. The predicted molar refractivity (Wildman–Crippen MR) is 83.9 cm³/mol. The van der Waals surface area contributed by atoms with Crippen LogP contribution in [0.1, 0.15) is 39.8 Å². The standard InChI is InChI=1S/C17H18N2O3/c1-3-10-22-17(21)13-6-8-15(9-7-13)19-16(20)14-5-4-12(2)18-11-14/h4-9,11H,3,10H2,1-2H3,(H,19,20). The van der Waals surface area contributed by atoms with Crippen molar-refractivity contribution in [3.05, 3.63) is 59.4 Å². The largest absolute Gasteiger partial charge is 0.462 e. The highest BCUT2D eigenvalue weighted by atomic mass is 16.5. The SMILES string of the molecule is CCCOC(=O)c1ccc(NC(=O)c2ccc(C)nc2)cc1. The molecule has 0 aliphatic rings. The van der Waals surface area contributed by atoms with Gasteiger partial charge in [0.05, 0.1) is 17.7 Å². The van der Waals surface area contributed by atoms with Crippen molar-refractivity contribution in [2.45, 2.75) is 20.3 Å². The number of carbonyl (C=O) groups excluding carboxylic acids is 2. The van der Waals surface area contributed by atoms with Gasteiger partial charge in [0.2, 0.25) is 0 Å². The number of nitrogens with one attached hydrogen (secondary N) is 1. The molecule has 0 spiro atoms. The number of benzene rings is 1. The van der Waals surface area contributed by atoms with E-state index in [1.807, 2.05) is 13.8 Å². The van der Waals surface area contributed by atoms with Crippen molar-refractivity contribution in [2.24, 2.45) is 0 Å². The van der Waals surface area contributed by atoms with Crippen LogP contribution in [0.2, 0.25) is 0 Å². The maximum atomic E-state index is 12.0. The first kappa shape index (κ1) is 15.7. The van der Waals surface area contributed by atoms with Crippen LogP contribution in [0.4, 0.5) is 5.69 Å². The molecule has 22 heavy (non-hydrogen) atoms. The van der Waals surface area contributed by atoms with Crippen LogP contribution in [0.3, 0.4) is 0 Å². The second-order valence-electron chi connectivity index (χ2n) is 4.86. The van der Waals surface area contributed by atoms with Gasteiger partial charge in [-0.15, -0.1) is 0 Å². The van der Waals surface area contributed by atoms with E-state index in [0.29, 0.717) is 23.4 Å². The van der Waals surface area contributed by atoms with E-state index in [1.165, 1.54) is 6.20 Å².